The molecule has 14 heavy (non-hydrogen) atoms. The Balaban J connectivity index is 3.01. The van der Waals surface area contributed by atoms with Crippen molar-refractivity contribution in [2.75, 3.05) is 6.61 Å². The van der Waals surface area contributed by atoms with Gasteiger partial charge in [0, 0.05) is 12.5 Å². The summed E-state index contributed by atoms with van der Waals surface area (Å²) in [4.78, 5) is 0. The maximum absolute atomic E-state index is 13.6. The summed E-state index contributed by atoms with van der Waals surface area (Å²) in [6, 6.07) is 7.34. The number of rotatable bonds is 3. The van der Waals surface area contributed by atoms with Crippen LogP contribution in [0.15, 0.2) is 24.3 Å². The molecule has 0 saturated heterocycles. The molecular formula is C12H17FO. The van der Waals surface area contributed by atoms with Gasteiger partial charge in [-0.05, 0) is 25.0 Å². The van der Waals surface area contributed by atoms with Gasteiger partial charge < -0.3 is 5.11 Å². The van der Waals surface area contributed by atoms with Crippen LogP contribution in [0.1, 0.15) is 37.8 Å². The zero-order valence-corrected chi connectivity index (χ0v) is 8.92. The summed E-state index contributed by atoms with van der Waals surface area (Å²) in [5.41, 5.74) is 0.330. The molecule has 1 atom stereocenters. The summed E-state index contributed by atoms with van der Waals surface area (Å²) in [7, 11) is 0. The van der Waals surface area contributed by atoms with E-state index in [9.17, 15) is 4.39 Å². The Bertz CT molecular complexity index is 301. The van der Waals surface area contributed by atoms with Crippen molar-refractivity contribution in [3.8, 4) is 0 Å². The third-order valence-electron chi connectivity index (χ3n) is 2.42. The van der Waals surface area contributed by atoms with E-state index in [1.807, 2.05) is 25.1 Å². The average molecular weight is 196 g/mol. The summed E-state index contributed by atoms with van der Waals surface area (Å²) in [5.74, 6) is 0.0669. The zero-order chi connectivity index (χ0) is 10.8. The van der Waals surface area contributed by atoms with Crippen LogP contribution in [0.3, 0.4) is 0 Å². The molecule has 0 aromatic heterocycles. The molecule has 1 aromatic carbocycles. The van der Waals surface area contributed by atoms with Gasteiger partial charge in [-0.25, -0.2) is 4.39 Å². The van der Waals surface area contributed by atoms with Gasteiger partial charge in [-0.3, -0.25) is 0 Å². The van der Waals surface area contributed by atoms with Crippen LogP contribution in [0, 0.1) is 0 Å². The van der Waals surface area contributed by atoms with E-state index in [0.717, 1.165) is 5.56 Å². The van der Waals surface area contributed by atoms with Gasteiger partial charge in [-0.1, -0.05) is 31.2 Å². The van der Waals surface area contributed by atoms with Crippen molar-refractivity contribution >= 4 is 0 Å². The molecule has 2 heteroatoms. The monoisotopic (exact) mass is 196 g/mol. The Morgan fingerprint density at radius 2 is 2.07 bits per heavy atom. The second-order valence-electron chi connectivity index (χ2n) is 4.18. The maximum atomic E-state index is 13.6. The standard InChI is InChI=1S/C12H17FO/c1-9(8-14)10-5-4-6-11(7-10)12(2,3)13/h4-7,9,14H,8H2,1-3H3/t9-/m1/s1. The van der Waals surface area contributed by atoms with Crippen molar-refractivity contribution in [2.24, 2.45) is 0 Å². The summed E-state index contributed by atoms with van der Waals surface area (Å²) in [6.07, 6.45) is 0. The topological polar surface area (TPSA) is 20.2 Å². The molecule has 0 unspecified atom stereocenters. The fourth-order valence-corrected chi connectivity index (χ4v) is 1.32. The predicted octanol–water partition coefficient (Wildman–Crippen LogP) is 2.99. The number of halogens is 1. The first-order valence-corrected chi connectivity index (χ1v) is 4.85. The normalized spacial score (nSPS) is 14.1. The minimum atomic E-state index is -1.31. The number of hydrogen-bond acceptors (Lipinski definition) is 1. The largest absolute Gasteiger partial charge is 0.396 e. The average Bonchev–Trinajstić information content (AvgIpc) is 2.15. The van der Waals surface area contributed by atoms with Gasteiger partial charge in [0.25, 0.3) is 0 Å². The summed E-state index contributed by atoms with van der Waals surface area (Å²) >= 11 is 0. The van der Waals surface area contributed by atoms with E-state index >= 15 is 0 Å². The van der Waals surface area contributed by atoms with Crippen molar-refractivity contribution < 1.29 is 9.50 Å². The van der Waals surface area contributed by atoms with Crippen molar-refractivity contribution in [3.63, 3.8) is 0 Å². The quantitative estimate of drug-likeness (QED) is 0.788. The molecule has 0 fully saturated rings. The molecule has 0 radical (unpaired) electrons. The number of hydrogen-bond donors (Lipinski definition) is 1. The maximum Gasteiger partial charge on any atom is 0.130 e. The molecule has 78 valence electrons. The van der Waals surface area contributed by atoms with Gasteiger partial charge in [0.15, 0.2) is 0 Å². The number of aliphatic hydroxyl groups is 1. The molecule has 0 amide bonds. The summed E-state index contributed by atoms with van der Waals surface area (Å²) in [5, 5.41) is 8.99. The lowest BCUT2D eigenvalue weighted by molar-refractivity contribution is 0.221. The van der Waals surface area contributed by atoms with Crippen LogP contribution in [0.5, 0.6) is 0 Å². The zero-order valence-electron chi connectivity index (χ0n) is 8.92. The van der Waals surface area contributed by atoms with E-state index in [4.69, 9.17) is 5.11 Å². The van der Waals surface area contributed by atoms with Crippen LogP contribution in [0.2, 0.25) is 0 Å². The van der Waals surface area contributed by atoms with E-state index < -0.39 is 5.67 Å². The highest BCUT2D eigenvalue weighted by Crippen LogP contribution is 2.27. The molecule has 0 heterocycles. The Morgan fingerprint density at radius 1 is 1.43 bits per heavy atom. The van der Waals surface area contributed by atoms with Gasteiger partial charge in [-0.2, -0.15) is 0 Å². The minimum Gasteiger partial charge on any atom is -0.396 e. The van der Waals surface area contributed by atoms with E-state index in [2.05, 4.69) is 0 Å². The Kier molecular flexibility index (Phi) is 3.27. The van der Waals surface area contributed by atoms with Gasteiger partial charge >= 0.3 is 0 Å². The molecule has 0 spiro atoms. The highest BCUT2D eigenvalue weighted by atomic mass is 19.1. The van der Waals surface area contributed by atoms with Crippen molar-refractivity contribution in [2.45, 2.75) is 32.4 Å². The van der Waals surface area contributed by atoms with Crippen molar-refractivity contribution in [3.05, 3.63) is 35.4 Å². The fraction of sp³-hybridized carbons (Fsp3) is 0.500. The second kappa shape index (κ2) is 4.09. The molecule has 1 nitrogen and oxygen atoms in total. The van der Waals surface area contributed by atoms with Crippen LogP contribution >= 0.6 is 0 Å². The SMILES string of the molecule is C[C@H](CO)c1cccc(C(C)(C)F)c1. The highest BCUT2D eigenvalue weighted by molar-refractivity contribution is 5.29. The van der Waals surface area contributed by atoms with Gasteiger partial charge in [0.2, 0.25) is 0 Å². The third kappa shape index (κ3) is 2.55. The first-order valence-electron chi connectivity index (χ1n) is 4.85. The lowest BCUT2D eigenvalue weighted by Crippen LogP contribution is -2.10. The second-order valence-corrected chi connectivity index (χ2v) is 4.18. The van der Waals surface area contributed by atoms with Crippen LogP contribution in [0.25, 0.3) is 0 Å². The molecular weight excluding hydrogens is 179 g/mol. The molecule has 0 bridgehead atoms. The summed E-state index contributed by atoms with van der Waals surface area (Å²) < 4.78 is 13.6. The highest BCUT2D eigenvalue weighted by Gasteiger charge is 2.19. The van der Waals surface area contributed by atoms with Gasteiger partial charge in [0.1, 0.15) is 5.67 Å². The molecule has 1 N–H and O–H groups in total. The van der Waals surface area contributed by atoms with Gasteiger partial charge in [-0.15, -0.1) is 0 Å². The molecule has 0 aliphatic carbocycles. The Morgan fingerprint density at radius 3 is 2.57 bits per heavy atom. The summed E-state index contributed by atoms with van der Waals surface area (Å²) in [6.45, 7) is 5.09. The third-order valence-corrected chi connectivity index (χ3v) is 2.42. The van der Waals surface area contributed by atoms with Gasteiger partial charge in [0.05, 0.1) is 0 Å². The van der Waals surface area contributed by atoms with E-state index in [1.54, 1.807) is 6.07 Å². The molecule has 0 aliphatic heterocycles. The van der Waals surface area contributed by atoms with Crippen LogP contribution in [0.4, 0.5) is 4.39 Å². The number of alkyl halides is 1. The number of aliphatic hydroxyl groups excluding tert-OH is 1. The fourth-order valence-electron chi connectivity index (χ4n) is 1.32. The lowest BCUT2D eigenvalue weighted by atomic mass is 9.94. The van der Waals surface area contributed by atoms with E-state index in [1.165, 1.54) is 13.8 Å². The first kappa shape index (κ1) is 11.2. The van der Waals surface area contributed by atoms with E-state index in [-0.39, 0.29) is 12.5 Å². The molecule has 1 rings (SSSR count). The lowest BCUT2D eigenvalue weighted by Gasteiger charge is -2.17. The number of benzene rings is 1. The van der Waals surface area contributed by atoms with Crippen molar-refractivity contribution in [1.29, 1.82) is 0 Å². The minimum absolute atomic E-state index is 0.0669. The first-order chi connectivity index (χ1) is 6.45. The van der Waals surface area contributed by atoms with Crippen LogP contribution in [-0.2, 0) is 5.67 Å². The molecule has 0 aliphatic rings. The predicted molar refractivity (Wildman–Crippen MR) is 56.1 cm³/mol. The smallest absolute Gasteiger partial charge is 0.130 e. The molecule has 0 saturated carbocycles. The Hall–Kier alpha value is -0.890. The van der Waals surface area contributed by atoms with E-state index in [0.29, 0.717) is 5.56 Å². The van der Waals surface area contributed by atoms with Crippen LogP contribution in [-0.4, -0.2) is 11.7 Å². The Labute approximate surface area is 84.6 Å². The van der Waals surface area contributed by atoms with Crippen LogP contribution < -0.4 is 0 Å². The molecule has 1 aromatic rings. The van der Waals surface area contributed by atoms with Crippen molar-refractivity contribution in [1.82, 2.24) is 0 Å².